The maximum Gasteiger partial charge on any atom is 0.337 e. The van der Waals surface area contributed by atoms with Crippen molar-refractivity contribution >= 4 is 21.7 Å². The van der Waals surface area contributed by atoms with Crippen molar-refractivity contribution in [3.05, 3.63) is 23.8 Å². The largest absolute Gasteiger partial charge is 0.478 e. The second-order valence-electron chi connectivity index (χ2n) is 4.67. The number of aromatic carboxylic acids is 1. The van der Waals surface area contributed by atoms with E-state index < -0.39 is 16.0 Å². The van der Waals surface area contributed by atoms with Gasteiger partial charge >= 0.3 is 5.97 Å². The van der Waals surface area contributed by atoms with Gasteiger partial charge in [-0.3, -0.25) is 0 Å². The minimum Gasteiger partial charge on any atom is -0.478 e. The highest BCUT2D eigenvalue weighted by Gasteiger charge is 2.34. The molecule has 19 heavy (non-hydrogen) atoms. The summed E-state index contributed by atoms with van der Waals surface area (Å²) in [7, 11) is -2.34. The standard InChI is InChI=1S/C12H16N2O4S/c1-14(9-3-2-4-9)19(17,18)11-7-8(13)5-6-10(11)12(15)16/h5-7,9H,2-4,13H2,1H3,(H,15,16). The summed E-state index contributed by atoms with van der Waals surface area (Å²) in [5.74, 6) is -1.28. The van der Waals surface area contributed by atoms with Gasteiger partial charge in [0.15, 0.2) is 0 Å². The van der Waals surface area contributed by atoms with Crippen LogP contribution in [0.3, 0.4) is 0 Å². The minimum absolute atomic E-state index is 0.0481. The molecular formula is C12H16N2O4S. The van der Waals surface area contributed by atoms with Gasteiger partial charge in [0.05, 0.1) is 10.5 Å². The fourth-order valence-corrected chi connectivity index (χ4v) is 3.66. The van der Waals surface area contributed by atoms with Crippen molar-refractivity contribution in [1.82, 2.24) is 4.31 Å². The molecule has 1 aromatic carbocycles. The molecule has 7 heteroatoms. The second kappa shape index (κ2) is 4.82. The zero-order valence-electron chi connectivity index (χ0n) is 10.5. The first-order valence-electron chi connectivity index (χ1n) is 5.95. The van der Waals surface area contributed by atoms with Crippen LogP contribution in [0, 0.1) is 0 Å². The Balaban J connectivity index is 2.49. The van der Waals surface area contributed by atoms with Crippen molar-refractivity contribution in [2.24, 2.45) is 0 Å². The summed E-state index contributed by atoms with van der Waals surface area (Å²) in [6.07, 6.45) is 2.61. The predicted molar refractivity (Wildman–Crippen MR) is 70.4 cm³/mol. The number of carboxylic acid groups (broad SMARTS) is 1. The molecule has 0 amide bonds. The zero-order chi connectivity index (χ0) is 14.2. The number of carboxylic acids is 1. The van der Waals surface area contributed by atoms with Crippen molar-refractivity contribution in [2.75, 3.05) is 12.8 Å². The van der Waals surface area contributed by atoms with Gasteiger partial charge in [-0.15, -0.1) is 0 Å². The molecule has 3 N–H and O–H groups in total. The van der Waals surface area contributed by atoms with E-state index in [1.807, 2.05) is 0 Å². The first kappa shape index (κ1) is 13.8. The molecule has 1 saturated carbocycles. The van der Waals surface area contributed by atoms with Crippen molar-refractivity contribution in [3.8, 4) is 0 Å². The van der Waals surface area contributed by atoms with Gasteiger partial charge in [-0.25, -0.2) is 13.2 Å². The number of carbonyl (C=O) groups is 1. The zero-order valence-corrected chi connectivity index (χ0v) is 11.4. The molecule has 104 valence electrons. The fourth-order valence-electron chi connectivity index (χ4n) is 2.03. The molecule has 0 bridgehead atoms. The molecule has 0 heterocycles. The number of nitrogens with zero attached hydrogens (tertiary/aromatic N) is 1. The Labute approximate surface area is 111 Å². The number of rotatable bonds is 4. The Bertz CT molecular complexity index is 608. The van der Waals surface area contributed by atoms with Gasteiger partial charge in [0, 0.05) is 18.8 Å². The van der Waals surface area contributed by atoms with Crippen LogP contribution >= 0.6 is 0 Å². The van der Waals surface area contributed by atoms with Gasteiger partial charge < -0.3 is 10.8 Å². The topological polar surface area (TPSA) is 101 Å². The molecule has 0 radical (unpaired) electrons. The van der Waals surface area contributed by atoms with Crippen LogP contribution in [0.15, 0.2) is 23.1 Å². The van der Waals surface area contributed by atoms with E-state index in [4.69, 9.17) is 10.8 Å². The minimum atomic E-state index is -3.82. The van der Waals surface area contributed by atoms with Gasteiger partial charge in [-0.05, 0) is 31.0 Å². The first-order chi connectivity index (χ1) is 8.84. The molecular weight excluding hydrogens is 268 g/mol. The summed E-state index contributed by atoms with van der Waals surface area (Å²) >= 11 is 0. The number of hydrogen-bond donors (Lipinski definition) is 2. The van der Waals surface area contributed by atoms with Crippen LogP contribution in [-0.4, -0.2) is 36.9 Å². The third-order valence-electron chi connectivity index (χ3n) is 3.48. The van der Waals surface area contributed by atoms with Crippen LogP contribution in [0.4, 0.5) is 5.69 Å². The monoisotopic (exact) mass is 284 g/mol. The van der Waals surface area contributed by atoms with Crippen LogP contribution in [0.25, 0.3) is 0 Å². The van der Waals surface area contributed by atoms with Gasteiger partial charge in [0.1, 0.15) is 0 Å². The molecule has 0 spiro atoms. The number of nitrogens with two attached hydrogens (primary N) is 1. The van der Waals surface area contributed by atoms with E-state index >= 15 is 0 Å². The average Bonchev–Trinajstić information content (AvgIpc) is 2.26. The smallest absolute Gasteiger partial charge is 0.337 e. The molecule has 0 unspecified atom stereocenters. The van der Waals surface area contributed by atoms with E-state index in [-0.39, 0.29) is 22.2 Å². The molecule has 1 fully saturated rings. The normalized spacial score (nSPS) is 16.3. The molecule has 0 atom stereocenters. The fraction of sp³-hybridized carbons (Fsp3) is 0.417. The molecule has 1 aromatic rings. The van der Waals surface area contributed by atoms with E-state index in [9.17, 15) is 13.2 Å². The van der Waals surface area contributed by atoms with Crippen LogP contribution in [-0.2, 0) is 10.0 Å². The van der Waals surface area contributed by atoms with Crippen molar-refractivity contribution in [2.45, 2.75) is 30.2 Å². The third-order valence-corrected chi connectivity index (χ3v) is 5.43. The van der Waals surface area contributed by atoms with Crippen LogP contribution in [0.2, 0.25) is 0 Å². The average molecular weight is 284 g/mol. The summed E-state index contributed by atoms with van der Waals surface area (Å²) in [6.45, 7) is 0. The van der Waals surface area contributed by atoms with Gasteiger partial charge in [0.2, 0.25) is 10.0 Å². The summed E-state index contributed by atoms with van der Waals surface area (Å²) < 4.78 is 26.1. The van der Waals surface area contributed by atoms with Crippen molar-refractivity contribution in [1.29, 1.82) is 0 Å². The second-order valence-corrected chi connectivity index (χ2v) is 6.63. The lowest BCUT2D eigenvalue weighted by molar-refractivity contribution is 0.0692. The van der Waals surface area contributed by atoms with E-state index in [1.54, 1.807) is 0 Å². The Morgan fingerprint density at radius 3 is 2.53 bits per heavy atom. The van der Waals surface area contributed by atoms with Gasteiger partial charge in [0.25, 0.3) is 0 Å². The summed E-state index contributed by atoms with van der Waals surface area (Å²) in [4.78, 5) is 10.9. The van der Waals surface area contributed by atoms with Crippen LogP contribution < -0.4 is 5.73 Å². The van der Waals surface area contributed by atoms with E-state index in [0.717, 1.165) is 19.3 Å². The van der Waals surface area contributed by atoms with Gasteiger partial charge in [-0.2, -0.15) is 4.31 Å². The summed E-state index contributed by atoms with van der Waals surface area (Å²) in [6, 6.07) is 3.76. The Hall–Kier alpha value is -1.60. The number of benzene rings is 1. The summed E-state index contributed by atoms with van der Waals surface area (Å²) in [5, 5.41) is 9.09. The van der Waals surface area contributed by atoms with E-state index in [2.05, 4.69) is 0 Å². The molecule has 1 aliphatic rings. The highest BCUT2D eigenvalue weighted by Crippen LogP contribution is 2.30. The van der Waals surface area contributed by atoms with E-state index in [0.29, 0.717) is 0 Å². The molecule has 1 aliphatic carbocycles. The Morgan fingerprint density at radius 1 is 1.42 bits per heavy atom. The Morgan fingerprint density at radius 2 is 2.05 bits per heavy atom. The molecule has 0 aromatic heterocycles. The maximum absolute atomic E-state index is 12.5. The number of anilines is 1. The molecule has 2 rings (SSSR count). The first-order valence-corrected chi connectivity index (χ1v) is 7.39. The highest BCUT2D eigenvalue weighted by atomic mass is 32.2. The summed E-state index contributed by atoms with van der Waals surface area (Å²) in [5.41, 5.74) is 5.55. The van der Waals surface area contributed by atoms with Crippen LogP contribution in [0.1, 0.15) is 29.6 Å². The van der Waals surface area contributed by atoms with Crippen molar-refractivity contribution in [3.63, 3.8) is 0 Å². The quantitative estimate of drug-likeness (QED) is 0.807. The molecule has 0 saturated heterocycles. The maximum atomic E-state index is 12.5. The Kier molecular flexibility index (Phi) is 3.51. The lowest BCUT2D eigenvalue weighted by Crippen LogP contribution is -2.41. The SMILES string of the molecule is CN(C1CCC1)S(=O)(=O)c1cc(N)ccc1C(=O)O. The number of nitrogen functional groups attached to an aromatic ring is 1. The lowest BCUT2D eigenvalue weighted by Gasteiger charge is -2.34. The molecule has 0 aliphatic heterocycles. The lowest BCUT2D eigenvalue weighted by atomic mass is 9.94. The predicted octanol–water partition coefficient (Wildman–Crippen LogP) is 1.14. The number of sulfonamides is 1. The third kappa shape index (κ3) is 2.43. The van der Waals surface area contributed by atoms with E-state index in [1.165, 1.54) is 29.6 Å². The number of hydrogen-bond acceptors (Lipinski definition) is 4. The molecule has 6 nitrogen and oxygen atoms in total. The van der Waals surface area contributed by atoms with Crippen molar-refractivity contribution < 1.29 is 18.3 Å². The van der Waals surface area contributed by atoms with Crippen LogP contribution in [0.5, 0.6) is 0 Å². The highest BCUT2D eigenvalue weighted by molar-refractivity contribution is 7.89. The van der Waals surface area contributed by atoms with Gasteiger partial charge in [-0.1, -0.05) is 6.42 Å².